The number of para-hydroxylation sites is 2. The molecule has 0 spiro atoms. The highest BCUT2D eigenvalue weighted by Crippen LogP contribution is 2.49. The molecular formula is C37H27BrN2O2. The van der Waals surface area contributed by atoms with Gasteiger partial charge in [-0.25, -0.2) is 0 Å². The van der Waals surface area contributed by atoms with Gasteiger partial charge in [-0.15, -0.1) is 0 Å². The molecule has 0 atom stereocenters. The number of hydrogen-bond acceptors (Lipinski definition) is 4. The van der Waals surface area contributed by atoms with Crippen molar-refractivity contribution in [3.63, 3.8) is 0 Å². The Morgan fingerprint density at radius 1 is 0.595 bits per heavy atom. The van der Waals surface area contributed by atoms with Gasteiger partial charge in [0.2, 0.25) is 0 Å². The highest BCUT2D eigenvalue weighted by atomic mass is 79.9. The quantitative estimate of drug-likeness (QED) is 0.137. The molecule has 0 bridgehead atoms. The Morgan fingerprint density at radius 3 is 1.88 bits per heavy atom. The van der Waals surface area contributed by atoms with E-state index in [1.54, 1.807) is 6.07 Å². The Balaban J connectivity index is 1.70. The summed E-state index contributed by atoms with van der Waals surface area (Å²) in [5.41, 5.74) is 16.2. The van der Waals surface area contributed by atoms with Crippen LogP contribution in [0.5, 0.6) is 5.75 Å². The first-order valence-electron chi connectivity index (χ1n) is 13.6. The summed E-state index contributed by atoms with van der Waals surface area (Å²) in [5.74, 6) is 0.425. The van der Waals surface area contributed by atoms with Gasteiger partial charge in [0.05, 0.1) is 16.9 Å². The molecule has 0 aliphatic heterocycles. The van der Waals surface area contributed by atoms with Gasteiger partial charge >= 0.3 is 0 Å². The largest absolute Gasteiger partial charge is 0.417 e. The summed E-state index contributed by atoms with van der Waals surface area (Å²) in [6, 6.07) is 48.9. The molecule has 204 valence electrons. The monoisotopic (exact) mass is 610 g/mol. The van der Waals surface area contributed by atoms with Crippen LogP contribution in [0, 0.1) is 0 Å². The number of hydrogen-bond donors (Lipinski definition) is 1. The van der Waals surface area contributed by atoms with Crippen LogP contribution >= 0.6 is 16.3 Å². The minimum Gasteiger partial charge on any atom is -0.417 e. The number of halogens is 1. The number of carbonyl (C=O) groups is 1. The van der Waals surface area contributed by atoms with Crippen LogP contribution in [0.1, 0.15) is 10.4 Å². The molecule has 0 aromatic heterocycles. The second kappa shape index (κ2) is 12.2. The van der Waals surface area contributed by atoms with Crippen LogP contribution < -0.4 is 14.5 Å². The van der Waals surface area contributed by atoms with Gasteiger partial charge < -0.3 is 14.5 Å². The maximum absolute atomic E-state index is 11.9. The van der Waals surface area contributed by atoms with Crippen molar-refractivity contribution in [1.82, 2.24) is 0 Å². The lowest BCUT2D eigenvalue weighted by molar-refractivity contribution is 0.112. The lowest BCUT2D eigenvalue weighted by atomic mass is 9.91. The zero-order valence-corrected chi connectivity index (χ0v) is 24.2. The molecule has 0 heterocycles. The summed E-state index contributed by atoms with van der Waals surface area (Å²) in [5, 5.41) is 0. The highest BCUT2D eigenvalue weighted by Gasteiger charge is 2.24. The average Bonchev–Trinajstić information content (AvgIpc) is 3.06. The number of carbonyl (C=O) groups excluding carboxylic acids is 1. The van der Waals surface area contributed by atoms with Gasteiger partial charge in [0.1, 0.15) is 0 Å². The van der Waals surface area contributed by atoms with Crippen LogP contribution in [-0.4, -0.2) is 6.29 Å². The number of anilines is 4. The van der Waals surface area contributed by atoms with E-state index in [-0.39, 0.29) is 0 Å². The van der Waals surface area contributed by atoms with E-state index in [4.69, 9.17) is 9.56 Å². The molecule has 0 aliphatic rings. The van der Waals surface area contributed by atoms with Crippen molar-refractivity contribution >= 4 is 45.3 Å². The van der Waals surface area contributed by atoms with E-state index in [1.807, 2.05) is 60.7 Å². The fourth-order valence-electron chi connectivity index (χ4n) is 5.39. The maximum atomic E-state index is 11.9. The molecule has 0 aliphatic carbocycles. The van der Waals surface area contributed by atoms with Gasteiger partial charge in [0.15, 0.2) is 28.3 Å². The zero-order valence-electron chi connectivity index (χ0n) is 22.7. The number of aldehydes is 1. The Morgan fingerprint density at radius 2 is 1.21 bits per heavy atom. The lowest BCUT2D eigenvalue weighted by Crippen LogP contribution is -2.13. The molecule has 0 radical (unpaired) electrons. The summed E-state index contributed by atoms with van der Waals surface area (Å²) in [7, 11) is 0. The minimum atomic E-state index is 0.425. The molecule has 6 aromatic rings. The normalized spacial score (nSPS) is 10.7. The first-order chi connectivity index (χ1) is 20.7. The number of nitrogens with two attached hydrogens (primary N) is 1. The molecule has 0 amide bonds. The van der Waals surface area contributed by atoms with E-state index in [9.17, 15) is 4.79 Å². The van der Waals surface area contributed by atoms with E-state index >= 15 is 0 Å². The predicted octanol–water partition coefficient (Wildman–Crippen LogP) is 10.2. The van der Waals surface area contributed by atoms with Crippen LogP contribution in [0.2, 0.25) is 0 Å². The SMILES string of the molecule is Nc1ccc(N(c2ccccc2)c2cccc(-c3ccccc3)c2-c2ccccc2)c(-c2cccc(C=O)c2OBr)c1. The molecule has 6 aromatic carbocycles. The Bertz CT molecular complexity index is 1840. The third-order valence-corrected chi connectivity index (χ3v) is 7.57. The van der Waals surface area contributed by atoms with Gasteiger partial charge in [-0.1, -0.05) is 103 Å². The molecule has 6 rings (SSSR count). The van der Waals surface area contributed by atoms with Crippen molar-refractivity contribution in [2.75, 3.05) is 10.6 Å². The van der Waals surface area contributed by atoms with Gasteiger partial charge in [-0.05, 0) is 59.2 Å². The standard InChI is InChI=1S/C37H27BrN2O2/c38-42-37-28(25-41)16-10-20-32(37)33-24-29(39)22-23-34(33)40(30-17-8-3-9-18-30)35-21-11-19-31(26-12-4-1-5-13-26)36(35)27-14-6-2-7-15-27/h1-25H,39H2. The molecule has 2 N–H and O–H groups in total. The van der Waals surface area contributed by atoms with E-state index in [0.29, 0.717) is 17.0 Å². The third-order valence-electron chi connectivity index (χ3n) is 7.25. The second-order valence-electron chi connectivity index (χ2n) is 9.80. The fraction of sp³-hybridized carbons (Fsp3) is 0. The first-order valence-corrected chi connectivity index (χ1v) is 14.2. The van der Waals surface area contributed by atoms with E-state index in [0.717, 1.165) is 56.7 Å². The second-order valence-corrected chi connectivity index (χ2v) is 10.1. The van der Waals surface area contributed by atoms with E-state index < -0.39 is 0 Å². The van der Waals surface area contributed by atoms with Gasteiger partial charge in [-0.3, -0.25) is 4.79 Å². The Kier molecular flexibility index (Phi) is 7.84. The van der Waals surface area contributed by atoms with Crippen molar-refractivity contribution in [1.29, 1.82) is 0 Å². The lowest BCUT2D eigenvalue weighted by Gasteiger charge is -2.31. The molecular weight excluding hydrogens is 584 g/mol. The van der Waals surface area contributed by atoms with Crippen LogP contribution in [0.4, 0.5) is 22.7 Å². The number of nitrogens with zero attached hydrogens (tertiary/aromatic N) is 1. The summed E-state index contributed by atoms with van der Waals surface area (Å²) >= 11 is 3.14. The minimum absolute atomic E-state index is 0.425. The van der Waals surface area contributed by atoms with Gasteiger partial charge in [0.25, 0.3) is 0 Å². The third kappa shape index (κ3) is 5.18. The van der Waals surface area contributed by atoms with E-state index in [1.165, 1.54) is 0 Å². The molecule has 0 saturated heterocycles. The molecule has 0 unspecified atom stereocenters. The number of rotatable bonds is 8. The Labute approximate surface area is 254 Å². The smallest absolute Gasteiger partial charge is 0.179 e. The van der Waals surface area contributed by atoms with Gasteiger partial charge in [0, 0.05) is 28.1 Å². The molecule has 42 heavy (non-hydrogen) atoms. The van der Waals surface area contributed by atoms with Crippen molar-refractivity contribution in [2.24, 2.45) is 0 Å². The summed E-state index contributed by atoms with van der Waals surface area (Å²) < 4.78 is 5.60. The summed E-state index contributed by atoms with van der Waals surface area (Å²) in [6.45, 7) is 0. The Hall–Kier alpha value is -5.13. The molecule has 4 nitrogen and oxygen atoms in total. The van der Waals surface area contributed by atoms with Crippen LogP contribution in [0.25, 0.3) is 33.4 Å². The van der Waals surface area contributed by atoms with Crippen molar-refractivity contribution < 1.29 is 8.62 Å². The van der Waals surface area contributed by atoms with Crippen LogP contribution in [-0.2, 0) is 0 Å². The zero-order chi connectivity index (χ0) is 28.9. The van der Waals surface area contributed by atoms with Crippen molar-refractivity contribution in [3.05, 3.63) is 151 Å². The highest BCUT2D eigenvalue weighted by molar-refractivity contribution is 9.06. The van der Waals surface area contributed by atoms with Crippen LogP contribution in [0.3, 0.4) is 0 Å². The maximum Gasteiger partial charge on any atom is 0.179 e. The fourth-order valence-corrected chi connectivity index (χ4v) is 5.75. The average molecular weight is 612 g/mol. The molecule has 0 fully saturated rings. The summed E-state index contributed by atoms with van der Waals surface area (Å²) in [4.78, 5) is 14.2. The van der Waals surface area contributed by atoms with Crippen molar-refractivity contribution in [3.8, 4) is 39.1 Å². The molecule has 0 saturated carbocycles. The van der Waals surface area contributed by atoms with Crippen LogP contribution in [0.15, 0.2) is 146 Å². The van der Waals surface area contributed by atoms with E-state index in [2.05, 4.69) is 100 Å². The van der Waals surface area contributed by atoms with Crippen molar-refractivity contribution in [2.45, 2.75) is 0 Å². The van der Waals surface area contributed by atoms with Gasteiger partial charge in [-0.2, -0.15) is 0 Å². The first kappa shape index (κ1) is 27.1. The number of benzene rings is 6. The predicted molar refractivity (Wildman–Crippen MR) is 177 cm³/mol. The topological polar surface area (TPSA) is 55.6 Å². The summed E-state index contributed by atoms with van der Waals surface area (Å²) in [6.07, 6.45) is 0.790. The number of nitrogen functional groups attached to an aromatic ring is 1. The molecule has 5 heteroatoms.